The summed E-state index contributed by atoms with van der Waals surface area (Å²) in [4.78, 5) is 12.5. The third-order valence-corrected chi connectivity index (χ3v) is 4.06. The van der Waals surface area contributed by atoms with E-state index in [1.807, 2.05) is 30.3 Å². The van der Waals surface area contributed by atoms with Gasteiger partial charge in [-0.1, -0.05) is 60.1 Å². The van der Waals surface area contributed by atoms with Crippen LogP contribution in [0.1, 0.15) is 27.5 Å². The van der Waals surface area contributed by atoms with Crippen LogP contribution in [0, 0.1) is 11.6 Å². The molecule has 25 heavy (non-hydrogen) atoms. The molecule has 0 aliphatic heterocycles. The standard InChI is InChI=1S/C20H14ClF2NO/c21-15-11-9-14(10-12-15)19(13-5-2-1-3-6-13)24-20(25)16-7-4-8-17(22)18(16)23/h1-12,19H,(H,24,25). The highest BCUT2D eigenvalue weighted by molar-refractivity contribution is 6.30. The van der Waals surface area contributed by atoms with E-state index in [4.69, 9.17) is 11.6 Å². The van der Waals surface area contributed by atoms with Gasteiger partial charge in [-0.3, -0.25) is 4.79 Å². The topological polar surface area (TPSA) is 29.1 Å². The number of amides is 1. The summed E-state index contributed by atoms with van der Waals surface area (Å²) in [5, 5.41) is 3.33. The largest absolute Gasteiger partial charge is 0.341 e. The summed E-state index contributed by atoms with van der Waals surface area (Å²) in [5.41, 5.74) is 1.26. The van der Waals surface area contributed by atoms with Gasteiger partial charge in [0.05, 0.1) is 11.6 Å². The fourth-order valence-electron chi connectivity index (χ4n) is 2.55. The summed E-state index contributed by atoms with van der Waals surface area (Å²) in [5.74, 6) is -2.92. The molecule has 0 saturated heterocycles. The fourth-order valence-corrected chi connectivity index (χ4v) is 2.67. The minimum absolute atomic E-state index is 0.338. The molecule has 126 valence electrons. The number of carbonyl (C=O) groups excluding carboxylic acids is 1. The number of benzene rings is 3. The molecule has 1 N–H and O–H groups in total. The molecule has 0 fully saturated rings. The first-order chi connectivity index (χ1) is 12.1. The second kappa shape index (κ2) is 7.45. The molecule has 0 saturated carbocycles. The molecule has 0 bridgehead atoms. The lowest BCUT2D eigenvalue weighted by molar-refractivity contribution is 0.0938. The normalized spacial score (nSPS) is 11.8. The first-order valence-corrected chi connectivity index (χ1v) is 7.99. The van der Waals surface area contributed by atoms with Gasteiger partial charge in [-0.2, -0.15) is 0 Å². The van der Waals surface area contributed by atoms with Crippen molar-refractivity contribution < 1.29 is 13.6 Å². The van der Waals surface area contributed by atoms with Crippen molar-refractivity contribution in [2.24, 2.45) is 0 Å². The van der Waals surface area contributed by atoms with Crippen molar-refractivity contribution in [3.63, 3.8) is 0 Å². The van der Waals surface area contributed by atoms with Gasteiger partial charge in [0.15, 0.2) is 11.6 Å². The molecule has 3 aromatic rings. The Kier molecular flexibility index (Phi) is 5.10. The van der Waals surface area contributed by atoms with E-state index in [1.165, 1.54) is 12.1 Å². The Bertz CT molecular complexity index is 882. The maximum absolute atomic E-state index is 13.9. The number of hydrogen-bond acceptors (Lipinski definition) is 1. The first kappa shape index (κ1) is 17.1. The Labute approximate surface area is 149 Å². The Morgan fingerprint density at radius 2 is 1.48 bits per heavy atom. The van der Waals surface area contributed by atoms with E-state index >= 15 is 0 Å². The van der Waals surface area contributed by atoms with Crippen LogP contribution in [0.25, 0.3) is 0 Å². The van der Waals surface area contributed by atoms with Crippen molar-refractivity contribution in [3.05, 3.63) is 106 Å². The lowest BCUT2D eigenvalue weighted by Crippen LogP contribution is -2.30. The van der Waals surface area contributed by atoms with E-state index in [2.05, 4.69) is 5.32 Å². The number of rotatable bonds is 4. The maximum atomic E-state index is 13.9. The Balaban J connectivity index is 1.96. The minimum atomic E-state index is -1.16. The second-order valence-corrected chi connectivity index (χ2v) is 5.91. The van der Waals surface area contributed by atoms with Crippen molar-refractivity contribution in [2.45, 2.75) is 6.04 Å². The average Bonchev–Trinajstić information content (AvgIpc) is 2.63. The van der Waals surface area contributed by atoms with Crippen LogP contribution in [0.5, 0.6) is 0 Å². The molecular formula is C20H14ClF2NO. The van der Waals surface area contributed by atoms with Crippen molar-refractivity contribution in [1.82, 2.24) is 5.32 Å². The minimum Gasteiger partial charge on any atom is -0.341 e. The van der Waals surface area contributed by atoms with Crippen LogP contribution < -0.4 is 5.32 Å². The predicted octanol–water partition coefficient (Wildman–Crippen LogP) is 5.14. The summed E-state index contributed by atoms with van der Waals surface area (Å²) in [6.45, 7) is 0. The molecular weight excluding hydrogens is 344 g/mol. The zero-order valence-electron chi connectivity index (χ0n) is 13.0. The lowest BCUT2D eigenvalue weighted by Gasteiger charge is -2.20. The Hall–Kier alpha value is -2.72. The lowest BCUT2D eigenvalue weighted by atomic mass is 9.98. The van der Waals surface area contributed by atoms with Crippen molar-refractivity contribution in [2.75, 3.05) is 0 Å². The zero-order chi connectivity index (χ0) is 17.8. The van der Waals surface area contributed by atoms with Crippen LogP contribution in [-0.2, 0) is 0 Å². The van der Waals surface area contributed by atoms with E-state index < -0.39 is 23.6 Å². The number of carbonyl (C=O) groups is 1. The molecule has 0 aliphatic carbocycles. The summed E-state index contributed by atoms with van der Waals surface area (Å²) < 4.78 is 27.3. The molecule has 0 aromatic heterocycles. The monoisotopic (exact) mass is 357 g/mol. The molecule has 1 unspecified atom stereocenters. The number of nitrogens with one attached hydrogen (secondary N) is 1. The highest BCUT2D eigenvalue weighted by Crippen LogP contribution is 2.24. The number of hydrogen-bond donors (Lipinski definition) is 1. The molecule has 1 atom stereocenters. The van der Waals surface area contributed by atoms with Crippen LogP contribution in [0.15, 0.2) is 72.8 Å². The van der Waals surface area contributed by atoms with E-state index in [0.717, 1.165) is 17.2 Å². The Morgan fingerprint density at radius 1 is 0.840 bits per heavy atom. The quantitative estimate of drug-likeness (QED) is 0.688. The van der Waals surface area contributed by atoms with Crippen molar-refractivity contribution >= 4 is 17.5 Å². The van der Waals surface area contributed by atoms with Crippen LogP contribution in [-0.4, -0.2) is 5.91 Å². The molecule has 0 radical (unpaired) electrons. The molecule has 0 spiro atoms. The van der Waals surface area contributed by atoms with Gasteiger partial charge in [-0.05, 0) is 35.4 Å². The molecule has 1 amide bonds. The summed E-state index contributed by atoms with van der Waals surface area (Å²) in [7, 11) is 0. The van der Waals surface area contributed by atoms with Gasteiger partial charge in [-0.25, -0.2) is 8.78 Å². The predicted molar refractivity (Wildman–Crippen MR) is 93.6 cm³/mol. The van der Waals surface area contributed by atoms with E-state index in [9.17, 15) is 13.6 Å². The SMILES string of the molecule is O=C(NC(c1ccccc1)c1ccc(Cl)cc1)c1cccc(F)c1F. The van der Waals surface area contributed by atoms with Crippen LogP contribution in [0.2, 0.25) is 5.02 Å². The molecule has 5 heteroatoms. The highest BCUT2D eigenvalue weighted by atomic mass is 35.5. The van der Waals surface area contributed by atoms with Crippen LogP contribution in [0.4, 0.5) is 8.78 Å². The maximum Gasteiger partial charge on any atom is 0.255 e. The van der Waals surface area contributed by atoms with Gasteiger partial charge in [-0.15, -0.1) is 0 Å². The van der Waals surface area contributed by atoms with Crippen LogP contribution in [0.3, 0.4) is 0 Å². The van der Waals surface area contributed by atoms with Crippen LogP contribution >= 0.6 is 11.6 Å². The second-order valence-electron chi connectivity index (χ2n) is 5.47. The first-order valence-electron chi connectivity index (χ1n) is 7.61. The Morgan fingerprint density at radius 3 is 2.16 bits per heavy atom. The average molecular weight is 358 g/mol. The van der Waals surface area contributed by atoms with Gasteiger partial charge >= 0.3 is 0 Å². The van der Waals surface area contributed by atoms with Gasteiger partial charge < -0.3 is 5.32 Å². The molecule has 0 heterocycles. The summed E-state index contributed by atoms with van der Waals surface area (Å²) in [6.07, 6.45) is 0. The van der Waals surface area contributed by atoms with E-state index in [-0.39, 0.29) is 5.56 Å². The zero-order valence-corrected chi connectivity index (χ0v) is 13.8. The third kappa shape index (κ3) is 3.86. The molecule has 3 aromatic carbocycles. The van der Waals surface area contributed by atoms with Gasteiger partial charge in [0, 0.05) is 5.02 Å². The van der Waals surface area contributed by atoms with Crippen molar-refractivity contribution in [1.29, 1.82) is 0 Å². The van der Waals surface area contributed by atoms with E-state index in [0.29, 0.717) is 5.02 Å². The third-order valence-electron chi connectivity index (χ3n) is 3.81. The van der Waals surface area contributed by atoms with Gasteiger partial charge in [0.25, 0.3) is 5.91 Å². The summed E-state index contributed by atoms with van der Waals surface area (Å²) >= 11 is 5.92. The van der Waals surface area contributed by atoms with E-state index in [1.54, 1.807) is 24.3 Å². The number of halogens is 3. The fraction of sp³-hybridized carbons (Fsp3) is 0.0500. The van der Waals surface area contributed by atoms with Gasteiger partial charge in [0.2, 0.25) is 0 Å². The highest BCUT2D eigenvalue weighted by Gasteiger charge is 2.21. The smallest absolute Gasteiger partial charge is 0.255 e. The van der Waals surface area contributed by atoms with Gasteiger partial charge in [0.1, 0.15) is 0 Å². The molecule has 0 aliphatic rings. The molecule has 3 rings (SSSR count). The van der Waals surface area contributed by atoms with Crippen molar-refractivity contribution in [3.8, 4) is 0 Å². The molecule has 2 nitrogen and oxygen atoms in total. The summed E-state index contributed by atoms with van der Waals surface area (Å²) in [6, 6.07) is 19.2.